The van der Waals surface area contributed by atoms with Gasteiger partial charge in [0.1, 0.15) is 11.5 Å². The summed E-state index contributed by atoms with van der Waals surface area (Å²) in [5, 5.41) is 9.59. The number of pyridine rings is 1. The Morgan fingerprint density at radius 2 is 1.73 bits per heavy atom. The summed E-state index contributed by atoms with van der Waals surface area (Å²) in [5.41, 5.74) is 5.35. The maximum atomic E-state index is 13.8. The average molecular weight is 543 g/mol. The van der Waals surface area contributed by atoms with Gasteiger partial charge in [0.25, 0.3) is 17.7 Å². The van der Waals surface area contributed by atoms with Crippen molar-refractivity contribution in [3.05, 3.63) is 82.3 Å². The summed E-state index contributed by atoms with van der Waals surface area (Å²) >= 11 is 0. The van der Waals surface area contributed by atoms with Crippen molar-refractivity contribution >= 4 is 46.0 Å². The molecule has 3 amide bonds. The number of amides is 3. The van der Waals surface area contributed by atoms with Crippen molar-refractivity contribution in [2.24, 2.45) is 0 Å². The Hall–Kier alpha value is -4.73. The van der Waals surface area contributed by atoms with Gasteiger partial charge in [-0.05, 0) is 68.7 Å². The number of hydrogen-bond donors (Lipinski definition) is 5. The molecule has 40 heavy (non-hydrogen) atoms. The molecule has 0 fully saturated rings. The normalized spacial score (nSPS) is 13.5. The van der Waals surface area contributed by atoms with Gasteiger partial charge in [-0.3, -0.25) is 19.4 Å². The van der Waals surface area contributed by atoms with E-state index in [1.54, 1.807) is 18.5 Å². The number of carbonyl (C=O) groups excluding carboxylic acids is 3. The molecular weight excluding hydrogens is 511 g/mol. The molecule has 1 aromatic carbocycles. The van der Waals surface area contributed by atoms with Crippen molar-refractivity contribution in [1.82, 2.24) is 25.6 Å². The molecule has 206 valence electrons. The molecule has 9 nitrogen and oxygen atoms in total. The van der Waals surface area contributed by atoms with E-state index in [4.69, 9.17) is 0 Å². The molecule has 4 heterocycles. The summed E-state index contributed by atoms with van der Waals surface area (Å²) in [4.78, 5) is 48.0. The number of nitrogens with one attached hydrogen (secondary N) is 5. The van der Waals surface area contributed by atoms with Crippen LogP contribution < -0.4 is 16.0 Å². The van der Waals surface area contributed by atoms with Crippen LogP contribution in [-0.4, -0.2) is 45.8 Å². The summed E-state index contributed by atoms with van der Waals surface area (Å²) in [6.07, 6.45) is 8.55. The van der Waals surface area contributed by atoms with Gasteiger partial charge in [0.05, 0.1) is 22.9 Å². The third-order valence-corrected chi connectivity index (χ3v) is 7.10. The molecule has 4 aromatic rings. The lowest BCUT2D eigenvalue weighted by Gasteiger charge is -2.07. The molecular formula is C30H31FN6O3. The molecule has 5 N–H and O–H groups in total. The molecule has 0 unspecified atom stereocenters. The minimum absolute atomic E-state index is 0.138. The zero-order valence-corrected chi connectivity index (χ0v) is 22.4. The van der Waals surface area contributed by atoms with E-state index < -0.39 is 5.82 Å². The maximum Gasteiger partial charge on any atom is 0.267 e. The van der Waals surface area contributed by atoms with Gasteiger partial charge in [-0.15, -0.1) is 0 Å². The minimum atomic E-state index is -0.423. The number of carbonyl (C=O) groups is 3. The standard InChI is InChI=1S/C30H31FN6O3/c1-17-24(15-22-21-14-20(31)7-8-23(21)37-28(22)38)35-18(2)27(17)30(40)34-11-6-4-3-5-10-33-29(39)25-13-19-9-12-32-16-26(19)36-25/h7-9,12-16,35-36H,3-6,10-11H2,1-2H3,(H,33,39)(H,34,40)(H,37,38). The second-order valence-corrected chi connectivity index (χ2v) is 9.94. The van der Waals surface area contributed by atoms with Crippen molar-refractivity contribution in [3.63, 3.8) is 0 Å². The van der Waals surface area contributed by atoms with Crippen molar-refractivity contribution in [2.75, 3.05) is 18.4 Å². The Morgan fingerprint density at radius 1 is 0.975 bits per heavy atom. The fraction of sp³-hybridized carbons (Fsp3) is 0.267. The lowest BCUT2D eigenvalue weighted by Crippen LogP contribution is -2.26. The lowest BCUT2D eigenvalue weighted by atomic mass is 10.0. The zero-order valence-electron chi connectivity index (χ0n) is 22.4. The number of H-pyrrole nitrogens is 2. The molecule has 0 saturated carbocycles. The van der Waals surface area contributed by atoms with Crippen LogP contribution in [0.2, 0.25) is 0 Å². The van der Waals surface area contributed by atoms with E-state index >= 15 is 0 Å². The van der Waals surface area contributed by atoms with Gasteiger partial charge >= 0.3 is 0 Å². The van der Waals surface area contributed by atoms with E-state index in [9.17, 15) is 18.8 Å². The van der Waals surface area contributed by atoms with Crippen LogP contribution in [0.25, 0.3) is 22.6 Å². The van der Waals surface area contributed by atoms with Gasteiger partial charge in [0.15, 0.2) is 0 Å². The Labute approximate surface area is 230 Å². The summed E-state index contributed by atoms with van der Waals surface area (Å²) in [7, 11) is 0. The number of fused-ring (bicyclic) bond motifs is 2. The molecule has 0 atom stereocenters. The zero-order chi connectivity index (χ0) is 28.2. The smallest absolute Gasteiger partial charge is 0.267 e. The fourth-order valence-corrected chi connectivity index (χ4v) is 4.99. The van der Waals surface area contributed by atoms with Crippen molar-refractivity contribution in [2.45, 2.75) is 39.5 Å². The van der Waals surface area contributed by atoms with E-state index in [0.29, 0.717) is 52.6 Å². The average Bonchev–Trinajstić information content (AvgIpc) is 3.58. The molecule has 0 bridgehead atoms. The summed E-state index contributed by atoms with van der Waals surface area (Å²) < 4.78 is 13.8. The molecule has 0 radical (unpaired) electrons. The molecule has 1 aliphatic rings. The first-order valence-electron chi connectivity index (χ1n) is 13.3. The van der Waals surface area contributed by atoms with Crippen molar-refractivity contribution in [1.29, 1.82) is 0 Å². The van der Waals surface area contributed by atoms with E-state index in [1.165, 1.54) is 18.2 Å². The highest BCUT2D eigenvalue weighted by atomic mass is 19.1. The van der Waals surface area contributed by atoms with Gasteiger partial charge in [0, 0.05) is 47.3 Å². The Bertz CT molecular complexity index is 1600. The third-order valence-electron chi connectivity index (χ3n) is 7.10. The molecule has 0 aliphatic carbocycles. The fourth-order valence-electron chi connectivity index (χ4n) is 4.99. The van der Waals surface area contributed by atoms with E-state index in [0.717, 1.165) is 42.1 Å². The molecule has 1 aliphatic heterocycles. The molecule has 5 rings (SSSR count). The first kappa shape index (κ1) is 26.9. The Morgan fingerprint density at radius 3 is 2.48 bits per heavy atom. The van der Waals surface area contributed by atoms with Crippen LogP contribution in [0, 0.1) is 19.7 Å². The third kappa shape index (κ3) is 5.66. The highest BCUT2D eigenvalue weighted by Gasteiger charge is 2.26. The van der Waals surface area contributed by atoms with Gasteiger partial charge < -0.3 is 25.9 Å². The number of aromatic nitrogens is 3. The minimum Gasteiger partial charge on any atom is -0.358 e. The lowest BCUT2D eigenvalue weighted by molar-refractivity contribution is -0.110. The number of rotatable bonds is 10. The summed E-state index contributed by atoms with van der Waals surface area (Å²) in [5.74, 6) is -1.05. The van der Waals surface area contributed by atoms with Crippen molar-refractivity contribution < 1.29 is 18.8 Å². The number of unbranched alkanes of at least 4 members (excludes halogenated alkanes) is 3. The molecule has 0 spiro atoms. The van der Waals surface area contributed by atoms with Crippen LogP contribution in [0.15, 0.2) is 42.7 Å². The number of hydrogen-bond acceptors (Lipinski definition) is 4. The van der Waals surface area contributed by atoms with Crippen molar-refractivity contribution in [3.8, 4) is 0 Å². The summed E-state index contributed by atoms with van der Waals surface area (Å²) in [6.45, 7) is 4.75. The second-order valence-electron chi connectivity index (χ2n) is 9.94. The highest BCUT2D eigenvalue weighted by molar-refractivity contribution is 6.35. The number of benzene rings is 1. The largest absolute Gasteiger partial charge is 0.358 e. The van der Waals surface area contributed by atoms with E-state index in [2.05, 4.69) is 30.9 Å². The Kier molecular flexibility index (Phi) is 7.77. The monoisotopic (exact) mass is 542 g/mol. The predicted molar refractivity (Wildman–Crippen MR) is 152 cm³/mol. The Balaban J connectivity index is 1.06. The number of anilines is 1. The van der Waals surface area contributed by atoms with Crippen LogP contribution in [0.3, 0.4) is 0 Å². The van der Waals surface area contributed by atoms with E-state index in [-0.39, 0.29) is 17.7 Å². The van der Waals surface area contributed by atoms with Gasteiger partial charge in [-0.25, -0.2) is 4.39 Å². The number of aryl methyl sites for hydroxylation is 1. The molecule has 3 aromatic heterocycles. The van der Waals surface area contributed by atoms with Crippen LogP contribution in [0.4, 0.5) is 10.1 Å². The number of halogens is 1. The predicted octanol–water partition coefficient (Wildman–Crippen LogP) is 4.86. The van der Waals surface area contributed by atoms with Crippen LogP contribution >= 0.6 is 0 Å². The molecule has 0 saturated heterocycles. The first-order chi connectivity index (χ1) is 19.3. The van der Waals surface area contributed by atoms with Gasteiger partial charge in [-0.2, -0.15) is 0 Å². The number of aromatic amines is 2. The van der Waals surface area contributed by atoms with Gasteiger partial charge in [-0.1, -0.05) is 12.8 Å². The molecule has 10 heteroatoms. The van der Waals surface area contributed by atoms with Crippen LogP contribution in [-0.2, 0) is 4.79 Å². The van der Waals surface area contributed by atoms with E-state index in [1.807, 2.05) is 26.0 Å². The number of nitrogens with zero attached hydrogens (tertiary/aromatic N) is 1. The first-order valence-corrected chi connectivity index (χ1v) is 13.3. The van der Waals surface area contributed by atoms with Crippen LogP contribution in [0.1, 0.15) is 69.0 Å². The SMILES string of the molecule is Cc1[nH]c(C=C2C(=O)Nc3ccc(F)cc32)c(C)c1C(=O)NCCCCCCNC(=O)c1cc2ccncc2[nH]1. The quantitative estimate of drug-likeness (QED) is 0.145. The van der Waals surface area contributed by atoms with Gasteiger partial charge in [0.2, 0.25) is 0 Å². The van der Waals surface area contributed by atoms with Crippen LogP contribution in [0.5, 0.6) is 0 Å². The highest BCUT2D eigenvalue weighted by Crippen LogP contribution is 2.34. The second kappa shape index (κ2) is 11.6. The topological polar surface area (TPSA) is 132 Å². The maximum absolute atomic E-state index is 13.8. The summed E-state index contributed by atoms with van der Waals surface area (Å²) in [6, 6.07) is 7.84.